The number of piperazine rings is 1. The molecule has 0 aliphatic carbocycles. The van der Waals surface area contributed by atoms with Crippen molar-refractivity contribution in [3.05, 3.63) is 79.8 Å². The molecular weight excluding hydrogens is 504 g/mol. The number of nitro groups is 1. The molecule has 0 radical (unpaired) electrons. The fraction of sp³-hybridized carbons (Fsp3) is 0.250. The average Bonchev–Trinajstić information content (AvgIpc) is 3.22. The number of halogens is 1. The molecule has 1 aliphatic rings. The molecule has 2 heterocycles. The lowest BCUT2D eigenvalue weighted by molar-refractivity contribution is -0.385. The monoisotopic (exact) mass is 522 g/mol. The van der Waals surface area contributed by atoms with Gasteiger partial charge in [-0.05, 0) is 23.8 Å². The van der Waals surface area contributed by atoms with Gasteiger partial charge in [0.1, 0.15) is 0 Å². The van der Waals surface area contributed by atoms with Gasteiger partial charge in [-0.2, -0.15) is 4.31 Å². The van der Waals surface area contributed by atoms with Crippen LogP contribution in [0.15, 0.2) is 63.3 Å². The zero-order chi connectivity index (χ0) is 22.0. The number of nitrogens with zero attached hydrogens (tertiary/aromatic N) is 4. The van der Waals surface area contributed by atoms with Gasteiger partial charge >= 0.3 is 0 Å². The molecule has 4 rings (SSSR count). The molecule has 0 unspecified atom stereocenters. The first-order valence-corrected chi connectivity index (χ1v) is 12.6. The van der Waals surface area contributed by atoms with Crippen molar-refractivity contribution in [1.29, 1.82) is 0 Å². The van der Waals surface area contributed by atoms with Crippen LogP contribution in [0.25, 0.3) is 0 Å². The van der Waals surface area contributed by atoms with Crippen LogP contribution >= 0.6 is 27.3 Å². The molecule has 0 saturated carbocycles. The minimum Gasteiger partial charge on any atom is -0.345 e. The number of sulfonamides is 1. The molecule has 3 aromatic rings. The smallest absolute Gasteiger partial charge is 0.270 e. The van der Waals surface area contributed by atoms with Crippen molar-refractivity contribution in [3.63, 3.8) is 0 Å². The Balaban J connectivity index is 1.41. The lowest BCUT2D eigenvalue weighted by Crippen LogP contribution is -2.48. The maximum Gasteiger partial charge on any atom is 0.270 e. The summed E-state index contributed by atoms with van der Waals surface area (Å²) in [5.41, 5.74) is 1.91. The van der Waals surface area contributed by atoms with Crippen molar-refractivity contribution in [1.82, 2.24) is 9.29 Å². The summed E-state index contributed by atoms with van der Waals surface area (Å²) in [4.78, 5) is 17.1. The summed E-state index contributed by atoms with van der Waals surface area (Å²) in [5, 5.41) is 13.9. The highest BCUT2D eigenvalue weighted by Gasteiger charge is 2.30. The largest absolute Gasteiger partial charge is 0.345 e. The van der Waals surface area contributed by atoms with E-state index in [-0.39, 0.29) is 10.6 Å². The molecule has 1 aromatic heterocycles. The van der Waals surface area contributed by atoms with E-state index >= 15 is 0 Å². The van der Waals surface area contributed by atoms with Gasteiger partial charge in [0.15, 0.2) is 5.13 Å². The van der Waals surface area contributed by atoms with Gasteiger partial charge in [0, 0.05) is 54.6 Å². The van der Waals surface area contributed by atoms with Crippen molar-refractivity contribution in [2.75, 3.05) is 31.1 Å². The molecule has 1 fully saturated rings. The van der Waals surface area contributed by atoms with E-state index in [2.05, 4.69) is 33.0 Å². The van der Waals surface area contributed by atoms with Crippen LogP contribution in [0.3, 0.4) is 0 Å². The SMILES string of the molecule is O=[N+]([O-])c1cccc(S(=O)(=O)N2CCN(c3nc(Cc4cccc(Br)c4)cs3)CC2)c1. The van der Waals surface area contributed by atoms with Crippen LogP contribution < -0.4 is 4.90 Å². The van der Waals surface area contributed by atoms with Crippen LogP contribution in [-0.2, 0) is 16.4 Å². The quantitative estimate of drug-likeness (QED) is 0.359. The van der Waals surface area contributed by atoms with Gasteiger partial charge in [-0.15, -0.1) is 11.3 Å². The summed E-state index contributed by atoms with van der Waals surface area (Å²) in [6.45, 7) is 1.62. The van der Waals surface area contributed by atoms with E-state index in [1.165, 1.54) is 28.1 Å². The number of rotatable bonds is 6. The van der Waals surface area contributed by atoms with E-state index < -0.39 is 14.9 Å². The molecule has 0 spiro atoms. The van der Waals surface area contributed by atoms with Crippen LogP contribution in [0.5, 0.6) is 0 Å². The number of aromatic nitrogens is 1. The molecule has 2 aromatic carbocycles. The lowest BCUT2D eigenvalue weighted by atomic mass is 10.1. The maximum absolute atomic E-state index is 12.9. The predicted molar refractivity (Wildman–Crippen MR) is 123 cm³/mol. The van der Waals surface area contributed by atoms with E-state index in [0.717, 1.165) is 27.8 Å². The minimum atomic E-state index is -3.78. The van der Waals surface area contributed by atoms with E-state index in [4.69, 9.17) is 4.98 Å². The van der Waals surface area contributed by atoms with Crippen LogP contribution in [0.2, 0.25) is 0 Å². The molecule has 0 amide bonds. The second kappa shape index (κ2) is 9.03. The summed E-state index contributed by atoms with van der Waals surface area (Å²) in [5.74, 6) is 0. The number of anilines is 1. The Morgan fingerprint density at radius 3 is 2.55 bits per heavy atom. The van der Waals surface area contributed by atoms with Crippen molar-refractivity contribution in [2.45, 2.75) is 11.3 Å². The lowest BCUT2D eigenvalue weighted by Gasteiger charge is -2.33. The first kappa shape index (κ1) is 21.9. The number of non-ortho nitro benzene ring substituents is 1. The molecule has 0 bridgehead atoms. The summed E-state index contributed by atoms with van der Waals surface area (Å²) < 4.78 is 28.2. The van der Waals surface area contributed by atoms with Crippen LogP contribution in [0.4, 0.5) is 10.8 Å². The van der Waals surface area contributed by atoms with E-state index in [1.807, 2.05) is 17.5 Å². The summed E-state index contributed by atoms with van der Waals surface area (Å²) >= 11 is 5.03. The Labute approximate surface area is 192 Å². The third kappa shape index (κ3) is 4.95. The third-order valence-corrected chi connectivity index (χ3v) is 8.33. The summed E-state index contributed by atoms with van der Waals surface area (Å²) in [6.07, 6.45) is 0.733. The molecule has 1 saturated heterocycles. The number of benzene rings is 2. The number of hydrogen-bond acceptors (Lipinski definition) is 7. The van der Waals surface area contributed by atoms with Crippen LogP contribution in [0, 0.1) is 10.1 Å². The Morgan fingerprint density at radius 2 is 1.84 bits per heavy atom. The van der Waals surface area contributed by atoms with Gasteiger partial charge in [-0.3, -0.25) is 10.1 Å². The Kier molecular flexibility index (Phi) is 6.37. The molecule has 8 nitrogen and oxygen atoms in total. The molecule has 1 aliphatic heterocycles. The molecule has 162 valence electrons. The Hall–Kier alpha value is -2.34. The van der Waals surface area contributed by atoms with Gasteiger partial charge in [-0.1, -0.05) is 34.1 Å². The molecule has 11 heteroatoms. The first-order valence-electron chi connectivity index (χ1n) is 9.51. The Morgan fingerprint density at radius 1 is 1.10 bits per heavy atom. The van der Waals surface area contributed by atoms with Crippen molar-refractivity contribution < 1.29 is 13.3 Å². The number of thiazole rings is 1. The number of nitro benzene ring substituents is 1. The van der Waals surface area contributed by atoms with Gasteiger partial charge in [0.05, 0.1) is 15.5 Å². The zero-order valence-corrected chi connectivity index (χ0v) is 19.6. The van der Waals surface area contributed by atoms with Gasteiger partial charge in [0.2, 0.25) is 10.0 Å². The molecule has 31 heavy (non-hydrogen) atoms. The van der Waals surface area contributed by atoms with Gasteiger partial charge < -0.3 is 4.90 Å². The highest BCUT2D eigenvalue weighted by Crippen LogP contribution is 2.26. The van der Waals surface area contributed by atoms with E-state index in [0.29, 0.717) is 26.2 Å². The highest BCUT2D eigenvalue weighted by atomic mass is 79.9. The predicted octanol–water partition coefficient (Wildman–Crippen LogP) is 3.92. The topological polar surface area (TPSA) is 96.6 Å². The summed E-state index contributed by atoms with van der Waals surface area (Å²) in [6, 6.07) is 13.3. The highest BCUT2D eigenvalue weighted by molar-refractivity contribution is 9.10. The standard InChI is InChI=1S/C20H19BrN4O4S2/c21-16-4-1-3-15(11-16)12-17-14-30-20(22-17)23-7-9-24(10-8-23)31(28,29)19-6-2-5-18(13-19)25(26)27/h1-6,11,13-14H,7-10,12H2. The van der Waals surface area contributed by atoms with Crippen molar-refractivity contribution in [2.24, 2.45) is 0 Å². The van der Waals surface area contributed by atoms with Crippen LogP contribution in [0.1, 0.15) is 11.3 Å². The fourth-order valence-electron chi connectivity index (χ4n) is 3.41. The molecular formula is C20H19BrN4O4S2. The van der Waals surface area contributed by atoms with Gasteiger partial charge in [0.25, 0.3) is 5.69 Å². The minimum absolute atomic E-state index is 0.0549. The summed E-state index contributed by atoms with van der Waals surface area (Å²) in [7, 11) is -3.78. The second-order valence-corrected chi connectivity index (χ2v) is 10.8. The molecule has 0 atom stereocenters. The number of hydrogen-bond donors (Lipinski definition) is 0. The van der Waals surface area contributed by atoms with Crippen molar-refractivity contribution in [3.8, 4) is 0 Å². The van der Waals surface area contributed by atoms with E-state index in [9.17, 15) is 18.5 Å². The maximum atomic E-state index is 12.9. The molecule has 0 N–H and O–H groups in total. The zero-order valence-electron chi connectivity index (χ0n) is 16.3. The fourth-order valence-corrected chi connectivity index (χ4v) is 6.19. The first-order chi connectivity index (χ1) is 14.8. The Bertz CT molecular complexity index is 1210. The second-order valence-electron chi connectivity index (χ2n) is 7.07. The average molecular weight is 523 g/mol. The van der Waals surface area contributed by atoms with Crippen LogP contribution in [-0.4, -0.2) is 48.8 Å². The van der Waals surface area contributed by atoms with Crippen molar-refractivity contribution >= 4 is 48.1 Å². The third-order valence-electron chi connectivity index (χ3n) is 4.99. The van der Waals surface area contributed by atoms with E-state index in [1.54, 1.807) is 11.3 Å². The van der Waals surface area contributed by atoms with Gasteiger partial charge in [-0.25, -0.2) is 13.4 Å². The normalized spacial score (nSPS) is 15.2.